The van der Waals surface area contributed by atoms with Crippen molar-refractivity contribution in [3.63, 3.8) is 0 Å². The van der Waals surface area contributed by atoms with Crippen LogP contribution in [0.15, 0.2) is 65.6 Å². The third-order valence-electron chi connectivity index (χ3n) is 3.56. The molecule has 0 spiro atoms. The normalized spacial score (nSPS) is 10.3. The molecular formula is C19H19N5OS. The first-order valence-corrected chi connectivity index (χ1v) is 9.03. The molecule has 0 atom stereocenters. The predicted octanol–water partition coefficient (Wildman–Crippen LogP) is 3.77. The topological polar surface area (TPSA) is 92.9 Å². The maximum absolute atomic E-state index is 11.3. The second-order valence-electron chi connectivity index (χ2n) is 5.49. The monoisotopic (exact) mass is 365 g/mol. The Morgan fingerprint density at radius 1 is 1.08 bits per heavy atom. The zero-order valence-corrected chi connectivity index (χ0v) is 15.1. The van der Waals surface area contributed by atoms with Crippen LogP contribution in [0.4, 0.5) is 16.3 Å². The van der Waals surface area contributed by atoms with E-state index in [2.05, 4.69) is 32.7 Å². The number of amides is 2. The number of benzene rings is 2. The van der Waals surface area contributed by atoms with Crippen molar-refractivity contribution in [2.24, 2.45) is 0 Å². The van der Waals surface area contributed by atoms with Crippen molar-refractivity contribution < 1.29 is 4.79 Å². The number of anilines is 2. The molecule has 0 saturated heterocycles. The molecule has 0 aliphatic carbocycles. The molecule has 132 valence electrons. The molecule has 4 N–H and O–H groups in total. The highest BCUT2D eigenvalue weighted by Gasteiger charge is 2.07. The van der Waals surface area contributed by atoms with Crippen LogP contribution in [0, 0.1) is 0 Å². The molecular weight excluding hydrogens is 346 g/mol. The molecule has 26 heavy (non-hydrogen) atoms. The Morgan fingerprint density at radius 3 is 2.50 bits per heavy atom. The van der Waals surface area contributed by atoms with Gasteiger partial charge in [0.25, 0.3) is 0 Å². The fourth-order valence-corrected chi connectivity index (χ4v) is 3.10. The number of nitrogen functional groups attached to an aromatic ring is 1. The Labute approximate surface area is 156 Å². The maximum Gasteiger partial charge on any atom is 0.318 e. The van der Waals surface area contributed by atoms with Gasteiger partial charge in [-0.25, -0.2) is 14.8 Å². The number of nitrogens with zero attached hydrogens (tertiary/aromatic N) is 2. The zero-order chi connectivity index (χ0) is 18.4. The lowest BCUT2D eigenvalue weighted by atomic mass is 10.2. The van der Waals surface area contributed by atoms with Crippen LogP contribution in [-0.4, -0.2) is 23.0 Å². The number of nitrogens with one attached hydrogen (secondary N) is 2. The van der Waals surface area contributed by atoms with Crippen molar-refractivity contribution in [1.82, 2.24) is 15.3 Å². The van der Waals surface area contributed by atoms with Crippen molar-refractivity contribution in [2.75, 3.05) is 18.1 Å². The standard InChI is InChI=1S/C19H19N5OS/c1-21-19(25)23-14-9-7-13(8-10-14)18-22-15(11-17(20)24-18)12-26-16-5-3-2-4-6-16/h2-11H,12H2,1H3,(H2,20,22,24)(H2,21,23,25). The summed E-state index contributed by atoms with van der Waals surface area (Å²) in [7, 11) is 1.57. The minimum absolute atomic E-state index is 0.266. The lowest BCUT2D eigenvalue weighted by Gasteiger charge is -2.08. The molecule has 0 unspecified atom stereocenters. The van der Waals surface area contributed by atoms with Gasteiger partial charge in [-0.05, 0) is 36.4 Å². The number of nitrogens with two attached hydrogens (primary N) is 1. The molecule has 0 fully saturated rings. The second-order valence-corrected chi connectivity index (χ2v) is 6.54. The van der Waals surface area contributed by atoms with Crippen LogP contribution < -0.4 is 16.4 Å². The van der Waals surface area contributed by atoms with Gasteiger partial charge in [0.2, 0.25) is 0 Å². The van der Waals surface area contributed by atoms with Crippen molar-refractivity contribution in [2.45, 2.75) is 10.6 Å². The molecule has 0 radical (unpaired) electrons. The van der Waals surface area contributed by atoms with Crippen LogP contribution in [0.1, 0.15) is 5.69 Å². The van der Waals surface area contributed by atoms with Gasteiger partial charge in [-0.2, -0.15) is 0 Å². The first-order valence-electron chi connectivity index (χ1n) is 8.04. The summed E-state index contributed by atoms with van der Waals surface area (Å²) in [5.41, 5.74) is 8.35. The average Bonchev–Trinajstić information content (AvgIpc) is 2.67. The summed E-state index contributed by atoms with van der Waals surface area (Å²) in [5, 5.41) is 5.22. The fraction of sp³-hybridized carbons (Fsp3) is 0.105. The average molecular weight is 365 g/mol. The van der Waals surface area contributed by atoms with Crippen molar-refractivity contribution in [3.05, 3.63) is 66.4 Å². The highest BCUT2D eigenvalue weighted by molar-refractivity contribution is 7.98. The van der Waals surface area contributed by atoms with E-state index in [0.717, 1.165) is 11.3 Å². The Bertz CT molecular complexity index is 884. The second kappa shape index (κ2) is 8.35. The molecule has 6 nitrogen and oxygen atoms in total. The number of thioether (sulfide) groups is 1. The van der Waals surface area contributed by atoms with E-state index < -0.39 is 0 Å². The third kappa shape index (κ3) is 4.73. The molecule has 0 saturated carbocycles. The number of carbonyl (C=O) groups excluding carboxylic acids is 1. The Kier molecular flexibility index (Phi) is 5.70. The number of aromatic nitrogens is 2. The summed E-state index contributed by atoms with van der Waals surface area (Å²) in [6.45, 7) is 0. The van der Waals surface area contributed by atoms with E-state index in [1.807, 2.05) is 30.3 Å². The lowest BCUT2D eigenvalue weighted by Crippen LogP contribution is -2.24. The number of hydrogen-bond donors (Lipinski definition) is 3. The van der Waals surface area contributed by atoms with E-state index in [1.165, 1.54) is 4.90 Å². The molecule has 2 aromatic carbocycles. The SMILES string of the molecule is CNC(=O)Nc1ccc(-c2nc(N)cc(CSc3ccccc3)n2)cc1. The van der Waals surface area contributed by atoms with Crippen molar-refractivity contribution in [1.29, 1.82) is 0 Å². The van der Waals surface area contributed by atoms with Crippen LogP contribution in [0.2, 0.25) is 0 Å². The molecule has 0 bridgehead atoms. The quantitative estimate of drug-likeness (QED) is 0.599. The molecule has 0 aliphatic rings. The molecule has 3 aromatic rings. The first-order chi connectivity index (χ1) is 12.6. The summed E-state index contributed by atoms with van der Waals surface area (Å²) < 4.78 is 0. The van der Waals surface area contributed by atoms with E-state index in [-0.39, 0.29) is 6.03 Å². The number of hydrogen-bond acceptors (Lipinski definition) is 5. The van der Waals surface area contributed by atoms with Gasteiger partial charge in [0.1, 0.15) is 5.82 Å². The summed E-state index contributed by atoms with van der Waals surface area (Å²) >= 11 is 1.70. The summed E-state index contributed by atoms with van der Waals surface area (Å²) in [6, 6.07) is 19.0. The predicted molar refractivity (Wildman–Crippen MR) is 106 cm³/mol. The number of urea groups is 1. The maximum atomic E-state index is 11.3. The van der Waals surface area contributed by atoms with Gasteiger partial charge >= 0.3 is 6.03 Å². The summed E-state index contributed by atoms with van der Waals surface area (Å²) in [4.78, 5) is 21.5. The first kappa shape index (κ1) is 17.8. The van der Waals surface area contributed by atoms with Crippen LogP contribution in [0.25, 0.3) is 11.4 Å². The minimum atomic E-state index is -0.266. The van der Waals surface area contributed by atoms with Gasteiger partial charge < -0.3 is 16.4 Å². The fourth-order valence-electron chi connectivity index (χ4n) is 2.29. The van der Waals surface area contributed by atoms with Crippen LogP contribution >= 0.6 is 11.8 Å². The molecule has 7 heteroatoms. The highest BCUT2D eigenvalue weighted by Crippen LogP contribution is 2.24. The van der Waals surface area contributed by atoms with Crippen molar-refractivity contribution in [3.8, 4) is 11.4 Å². The lowest BCUT2D eigenvalue weighted by molar-refractivity contribution is 0.254. The molecule has 1 aromatic heterocycles. The van der Waals surface area contributed by atoms with E-state index in [0.29, 0.717) is 23.1 Å². The molecule has 2 amide bonds. The Morgan fingerprint density at radius 2 is 1.81 bits per heavy atom. The molecule has 1 heterocycles. The minimum Gasteiger partial charge on any atom is -0.384 e. The number of carbonyl (C=O) groups is 1. The van der Waals surface area contributed by atoms with Gasteiger partial charge in [0.05, 0.1) is 5.69 Å². The van der Waals surface area contributed by atoms with Gasteiger partial charge in [0.15, 0.2) is 5.82 Å². The van der Waals surface area contributed by atoms with E-state index in [1.54, 1.807) is 37.0 Å². The highest BCUT2D eigenvalue weighted by atomic mass is 32.2. The summed E-state index contributed by atoms with van der Waals surface area (Å²) in [5.74, 6) is 1.71. The van der Waals surface area contributed by atoms with Gasteiger partial charge in [-0.15, -0.1) is 11.8 Å². The van der Waals surface area contributed by atoms with Gasteiger partial charge in [-0.1, -0.05) is 18.2 Å². The summed E-state index contributed by atoms with van der Waals surface area (Å²) in [6.07, 6.45) is 0. The van der Waals surface area contributed by atoms with Gasteiger partial charge in [-0.3, -0.25) is 0 Å². The van der Waals surface area contributed by atoms with Crippen LogP contribution in [0.5, 0.6) is 0 Å². The smallest absolute Gasteiger partial charge is 0.318 e. The van der Waals surface area contributed by atoms with E-state index in [4.69, 9.17) is 5.73 Å². The van der Waals surface area contributed by atoms with Gasteiger partial charge in [0, 0.05) is 35.0 Å². The Balaban J connectivity index is 1.75. The van der Waals surface area contributed by atoms with E-state index in [9.17, 15) is 4.79 Å². The Hall–Kier alpha value is -3.06. The molecule has 0 aliphatic heterocycles. The molecule has 3 rings (SSSR count). The largest absolute Gasteiger partial charge is 0.384 e. The van der Waals surface area contributed by atoms with Crippen molar-refractivity contribution >= 4 is 29.3 Å². The third-order valence-corrected chi connectivity index (χ3v) is 4.60. The van der Waals surface area contributed by atoms with Crippen LogP contribution in [-0.2, 0) is 5.75 Å². The van der Waals surface area contributed by atoms with E-state index >= 15 is 0 Å². The number of rotatable bonds is 5. The van der Waals surface area contributed by atoms with Crippen LogP contribution in [0.3, 0.4) is 0 Å². The zero-order valence-electron chi connectivity index (χ0n) is 14.3.